The molecule has 0 N–H and O–H groups in total. The topological polar surface area (TPSA) is 38.7 Å². The number of hydrogen-bond acceptors (Lipinski definition) is 3. The highest BCUT2D eigenvalue weighted by Gasteiger charge is 2.53. The third-order valence-corrected chi connectivity index (χ3v) is 14.3. The van der Waals surface area contributed by atoms with Gasteiger partial charge in [0.2, 0.25) is 0 Å². The summed E-state index contributed by atoms with van der Waals surface area (Å²) in [7, 11) is 0. The summed E-state index contributed by atoms with van der Waals surface area (Å²) in [5.41, 5.74) is 22.0. The molecule has 2 unspecified atom stereocenters. The van der Waals surface area contributed by atoms with E-state index in [9.17, 15) is 0 Å². The summed E-state index contributed by atoms with van der Waals surface area (Å²) in [4.78, 5) is 16.5. The first-order chi connectivity index (χ1) is 33.6. The molecule has 0 amide bonds. The number of allylic oxidation sites excluding steroid dienone is 4. The zero-order valence-electron chi connectivity index (χ0n) is 37.6. The van der Waals surface area contributed by atoms with Gasteiger partial charge in [0.05, 0.1) is 5.41 Å². The lowest BCUT2D eigenvalue weighted by atomic mass is 9.67. The van der Waals surface area contributed by atoms with Gasteiger partial charge < -0.3 is 0 Å². The van der Waals surface area contributed by atoms with Crippen molar-refractivity contribution in [2.24, 2.45) is 5.92 Å². The molecule has 0 saturated heterocycles. The molecule has 0 aliphatic heterocycles. The maximum absolute atomic E-state index is 5.51. The van der Waals surface area contributed by atoms with Crippen molar-refractivity contribution in [3.05, 3.63) is 264 Å². The molecule has 2 atom stereocenters. The van der Waals surface area contributed by atoms with Crippen molar-refractivity contribution in [2.45, 2.75) is 18.8 Å². The molecule has 1 heterocycles. The highest BCUT2D eigenvalue weighted by Crippen LogP contribution is 2.64. The van der Waals surface area contributed by atoms with Crippen LogP contribution in [0.1, 0.15) is 35.6 Å². The summed E-state index contributed by atoms with van der Waals surface area (Å²) >= 11 is 0. The third kappa shape index (κ3) is 6.53. The summed E-state index contributed by atoms with van der Waals surface area (Å²) in [6.45, 7) is 2.34. The second kappa shape index (κ2) is 16.1. The van der Waals surface area contributed by atoms with Crippen LogP contribution < -0.4 is 0 Å². The number of hydrogen-bond donors (Lipinski definition) is 0. The molecule has 0 radical (unpaired) electrons. The van der Waals surface area contributed by atoms with Gasteiger partial charge in [-0.15, -0.1) is 0 Å². The third-order valence-electron chi connectivity index (χ3n) is 14.3. The zero-order valence-corrected chi connectivity index (χ0v) is 37.6. The Balaban J connectivity index is 1.07. The molecule has 320 valence electrons. The van der Waals surface area contributed by atoms with Gasteiger partial charge in [-0.25, -0.2) is 15.0 Å². The number of benzene rings is 9. The van der Waals surface area contributed by atoms with Gasteiger partial charge in [0, 0.05) is 16.7 Å². The van der Waals surface area contributed by atoms with E-state index in [0.29, 0.717) is 23.4 Å². The summed E-state index contributed by atoms with van der Waals surface area (Å²) in [5.74, 6) is 2.29. The minimum absolute atomic E-state index is 0.424. The summed E-state index contributed by atoms with van der Waals surface area (Å²) in [5, 5.41) is 0. The molecule has 1 spiro atoms. The maximum atomic E-state index is 5.51. The molecule has 0 bridgehead atoms. The van der Waals surface area contributed by atoms with Gasteiger partial charge >= 0.3 is 0 Å². The fourth-order valence-electron chi connectivity index (χ4n) is 11.2. The second-order valence-corrected chi connectivity index (χ2v) is 18.4. The Kier molecular flexibility index (Phi) is 9.43. The van der Waals surface area contributed by atoms with Crippen molar-refractivity contribution in [2.75, 3.05) is 0 Å². The Hall–Kier alpha value is -8.53. The van der Waals surface area contributed by atoms with Crippen LogP contribution in [0.3, 0.4) is 0 Å². The van der Waals surface area contributed by atoms with Crippen molar-refractivity contribution in [1.82, 2.24) is 15.0 Å². The normalized spacial score (nSPS) is 16.3. The van der Waals surface area contributed by atoms with Crippen LogP contribution in [0.2, 0.25) is 0 Å². The Morgan fingerprint density at radius 2 is 0.721 bits per heavy atom. The minimum Gasteiger partial charge on any atom is -0.208 e. The Bertz CT molecular complexity index is 3390. The van der Waals surface area contributed by atoms with E-state index >= 15 is 0 Å². The first kappa shape index (κ1) is 39.8. The van der Waals surface area contributed by atoms with Crippen LogP contribution >= 0.6 is 0 Å². The lowest BCUT2D eigenvalue weighted by molar-refractivity contribution is 0.630. The Labute approximate surface area is 397 Å². The first-order valence-corrected chi connectivity index (χ1v) is 23.6. The lowest BCUT2D eigenvalue weighted by Gasteiger charge is -2.34. The molecule has 3 nitrogen and oxygen atoms in total. The Morgan fingerprint density at radius 3 is 1.21 bits per heavy atom. The molecular weight excluding hydrogens is 823 g/mol. The van der Waals surface area contributed by atoms with Crippen molar-refractivity contribution in [3.63, 3.8) is 0 Å². The molecule has 68 heavy (non-hydrogen) atoms. The fraction of sp³-hybridized carbons (Fsp3) is 0.0615. The average Bonchev–Trinajstić information content (AvgIpc) is 3.88. The molecule has 3 aliphatic rings. The highest BCUT2D eigenvalue weighted by molar-refractivity contribution is 5.98. The van der Waals surface area contributed by atoms with Gasteiger partial charge in [0.15, 0.2) is 17.5 Å². The number of aromatic nitrogens is 3. The van der Waals surface area contributed by atoms with Crippen molar-refractivity contribution >= 4 is 5.57 Å². The van der Waals surface area contributed by atoms with Crippen LogP contribution in [0.25, 0.3) is 95.4 Å². The number of rotatable bonds is 7. The van der Waals surface area contributed by atoms with E-state index in [1.807, 2.05) is 0 Å². The standard InChI is InChI=1S/C65H45N3/c1-42-30-32-56-54-26-14-16-28-58(54)65(60(56)34-42)59-29-17-15-27-55(59)57-33-31-47(41-61(57)65)62-66-63(52-37-48(43-18-6-2-7-19-43)35-49(38-52)44-20-8-3-9-21-44)68-64(67-62)53-39-50(45-22-10-4-11-23-45)36-51(40-53)46-24-12-5-13-25-46/h2-33,35-42H,34H2,1H3. The van der Waals surface area contributed by atoms with Gasteiger partial charge in [-0.2, -0.15) is 0 Å². The average molecular weight is 868 g/mol. The van der Waals surface area contributed by atoms with E-state index in [0.717, 1.165) is 67.6 Å². The highest BCUT2D eigenvalue weighted by atomic mass is 15.0. The summed E-state index contributed by atoms with van der Waals surface area (Å²) < 4.78 is 0. The van der Waals surface area contributed by atoms with E-state index in [4.69, 9.17) is 15.0 Å². The van der Waals surface area contributed by atoms with Gasteiger partial charge in [-0.05, 0) is 144 Å². The molecule has 10 aromatic rings. The maximum Gasteiger partial charge on any atom is 0.164 e. The van der Waals surface area contributed by atoms with Gasteiger partial charge in [0.1, 0.15) is 0 Å². The largest absolute Gasteiger partial charge is 0.208 e. The van der Waals surface area contributed by atoms with Gasteiger partial charge in [-0.3, -0.25) is 0 Å². The van der Waals surface area contributed by atoms with Crippen LogP contribution in [0.5, 0.6) is 0 Å². The van der Waals surface area contributed by atoms with Gasteiger partial charge in [0.25, 0.3) is 0 Å². The molecule has 3 heteroatoms. The second-order valence-electron chi connectivity index (χ2n) is 18.4. The van der Waals surface area contributed by atoms with E-state index < -0.39 is 5.41 Å². The van der Waals surface area contributed by atoms with Gasteiger partial charge in [-0.1, -0.05) is 201 Å². The van der Waals surface area contributed by atoms with Crippen molar-refractivity contribution in [3.8, 4) is 89.8 Å². The fourth-order valence-corrected chi connectivity index (χ4v) is 11.2. The number of fused-ring (bicyclic) bond motifs is 9. The predicted molar refractivity (Wildman–Crippen MR) is 279 cm³/mol. The molecule has 1 aromatic heterocycles. The van der Waals surface area contributed by atoms with Crippen molar-refractivity contribution < 1.29 is 0 Å². The van der Waals surface area contributed by atoms with E-state index in [2.05, 4.69) is 244 Å². The molecule has 0 saturated carbocycles. The monoisotopic (exact) mass is 867 g/mol. The summed E-state index contributed by atoms with van der Waals surface area (Å²) in [6, 6.07) is 80.9. The molecular formula is C65H45N3. The van der Waals surface area contributed by atoms with Crippen LogP contribution in [-0.4, -0.2) is 15.0 Å². The number of nitrogens with zero attached hydrogens (tertiary/aromatic N) is 3. The van der Waals surface area contributed by atoms with Crippen LogP contribution in [0.4, 0.5) is 0 Å². The molecule has 9 aromatic carbocycles. The van der Waals surface area contributed by atoms with E-state index in [1.165, 1.54) is 44.5 Å². The van der Waals surface area contributed by atoms with Crippen LogP contribution in [-0.2, 0) is 5.41 Å². The quantitative estimate of drug-likeness (QED) is 0.160. The lowest BCUT2D eigenvalue weighted by Crippen LogP contribution is -2.28. The zero-order chi connectivity index (χ0) is 45.2. The predicted octanol–water partition coefficient (Wildman–Crippen LogP) is 16.2. The van der Waals surface area contributed by atoms with E-state index in [1.54, 1.807) is 0 Å². The van der Waals surface area contributed by atoms with Crippen molar-refractivity contribution in [1.29, 1.82) is 0 Å². The summed E-state index contributed by atoms with van der Waals surface area (Å²) in [6.07, 6.45) is 5.75. The van der Waals surface area contributed by atoms with E-state index in [-0.39, 0.29) is 0 Å². The molecule has 0 fully saturated rings. The first-order valence-electron chi connectivity index (χ1n) is 23.6. The minimum atomic E-state index is -0.436. The Morgan fingerprint density at radius 1 is 0.338 bits per heavy atom. The van der Waals surface area contributed by atoms with Crippen LogP contribution in [0, 0.1) is 5.92 Å². The molecule has 3 aliphatic carbocycles. The van der Waals surface area contributed by atoms with Crippen LogP contribution in [0.15, 0.2) is 242 Å². The SMILES string of the molecule is CC1C=CC2=C(C1)C1(c3ccccc32)c2ccccc2-c2ccc(-c3nc(-c4cc(-c5ccccc5)cc(-c5ccccc5)c4)nc(-c4cc(-c5ccccc5)cc(-c5ccccc5)c4)n3)cc21. The molecule has 13 rings (SSSR count). The smallest absolute Gasteiger partial charge is 0.164 e.